The fraction of sp³-hybridized carbons (Fsp3) is 0.444. The molecular formula is C18H22N2O4. The normalized spacial score (nSPS) is 17.8. The van der Waals surface area contributed by atoms with E-state index in [0.29, 0.717) is 12.5 Å². The zero-order valence-corrected chi connectivity index (χ0v) is 14.0. The van der Waals surface area contributed by atoms with Gasteiger partial charge in [0, 0.05) is 13.5 Å². The van der Waals surface area contributed by atoms with Crippen molar-refractivity contribution in [1.29, 1.82) is 0 Å². The lowest BCUT2D eigenvalue weighted by molar-refractivity contribution is -0.132. The van der Waals surface area contributed by atoms with Crippen molar-refractivity contribution in [2.75, 3.05) is 13.7 Å². The molecule has 6 heteroatoms. The Morgan fingerprint density at radius 2 is 2.21 bits per heavy atom. The van der Waals surface area contributed by atoms with Crippen LogP contribution >= 0.6 is 0 Å². The number of carbonyl (C=O) groups is 1. The van der Waals surface area contributed by atoms with Crippen molar-refractivity contribution >= 4 is 5.91 Å². The molecule has 1 aliphatic carbocycles. The summed E-state index contributed by atoms with van der Waals surface area (Å²) in [4.78, 5) is 12.7. The average Bonchev–Trinajstić information content (AvgIpc) is 3.01. The van der Waals surface area contributed by atoms with Gasteiger partial charge in [0.2, 0.25) is 0 Å². The minimum Gasteiger partial charge on any atom is -0.476 e. The minimum absolute atomic E-state index is 0.171. The maximum absolute atomic E-state index is 12.7. The number of nitrogens with zero attached hydrogens (tertiary/aromatic N) is 1. The van der Waals surface area contributed by atoms with Gasteiger partial charge >= 0.3 is 0 Å². The fourth-order valence-corrected chi connectivity index (χ4v) is 3.10. The lowest BCUT2D eigenvalue weighted by Gasteiger charge is -2.25. The Bertz CT molecular complexity index is 684. The first-order chi connectivity index (χ1) is 11.7. The van der Waals surface area contributed by atoms with Crippen molar-refractivity contribution in [1.82, 2.24) is 10.5 Å². The maximum Gasteiger partial charge on any atom is 0.259 e. The van der Waals surface area contributed by atoms with Gasteiger partial charge in [0.15, 0.2) is 6.10 Å². The molecule has 0 aliphatic heterocycles. The van der Waals surface area contributed by atoms with Gasteiger partial charge in [0.1, 0.15) is 5.76 Å². The van der Waals surface area contributed by atoms with Crippen LogP contribution in [-0.2, 0) is 16.0 Å². The van der Waals surface area contributed by atoms with Gasteiger partial charge in [-0.2, -0.15) is 0 Å². The predicted octanol–water partition coefficient (Wildman–Crippen LogP) is 2.95. The van der Waals surface area contributed by atoms with E-state index < -0.39 is 6.10 Å². The number of hydrogen-bond acceptors (Lipinski definition) is 5. The Morgan fingerprint density at radius 3 is 2.92 bits per heavy atom. The number of hydrogen-bond donors (Lipinski definition) is 1. The van der Waals surface area contributed by atoms with Crippen LogP contribution < -0.4 is 10.1 Å². The molecule has 1 aromatic heterocycles. The van der Waals surface area contributed by atoms with Gasteiger partial charge in [-0.05, 0) is 30.5 Å². The van der Waals surface area contributed by atoms with Crippen LogP contribution in [0.3, 0.4) is 0 Å². The SMILES string of the molecule is CCOc1noc2c1[C@H](NC(=O)[C@H](OC)c1ccccc1)CCC2. The van der Waals surface area contributed by atoms with E-state index in [0.717, 1.165) is 36.1 Å². The molecule has 0 fully saturated rings. The molecule has 1 N–H and O–H groups in total. The maximum atomic E-state index is 12.7. The van der Waals surface area contributed by atoms with Gasteiger partial charge in [-0.1, -0.05) is 30.3 Å². The number of amides is 1. The van der Waals surface area contributed by atoms with Gasteiger partial charge in [-0.3, -0.25) is 4.79 Å². The summed E-state index contributed by atoms with van der Waals surface area (Å²) in [6.07, 6.45) is 1.92. The Balaban J connectivity index is 1.79. The van der Waals surface area contributed by atoms with Gasteiger partial charge in [-0.25, -0.2) is 0 Å². The lowest BCUT2D eigenvalue weighted by Crippen LogP contribution is -2.35. The summed E-state index contributed by atoms with van der Waals surface area (Å²) in [5.41, 5.74) is 1.68. The van der Waals surface area contributed by atoms with Crippen molar-refractivity contribution in [2.24, 2.45) is 0 Å². The van der Waals surface area contributed by atoms with E-state index in [1.165, 1.54) is 7.11 Å². The monoisotopic (exact) mass is 330 g/mol. The molecule has 0 saturated heterocycles. The fourth-order valence-electron chi connectivity index (χ4n) is 3.10. The highest BCUT2D eigenvalue weighted by molar-refractivity contribution is 5.82. The van der Waals surface area contributed by atoms with E-state index in [4.69, 9.17) is 14.0 Å². The van der Waals surface area contributed by atoms with Crippen molar-refractivity contribution < 1.29 is 18.8 Å². The van der Waals surface area contributed by atoms with Crippen LogP contribution in [0.15, 0.2) is 34.9 Å². The third kappa shape index (κ3) is 3.28. The first-order valence-electron chi connectivity index (χ1n) is 8.24. The average molecular weight is 330 g/mol. The Hall–Kier alpha value is -2.34. The topological polar surface area (TPSA) is 73.6 Å². The molecule has 1 amide bonds. The second-order valence-electron chi connectivity index (χ2n) is 5.74. The number of benzene rings is 1. The Kier molecular flexibility index (Phi) is 5.15. The molecule has 0 bridgehead atoms. The van der Waals surface area contributed by atoms with E-state index in [1.54, 1.807) is 0 Å². The highest BCUT2D eigenvalue weighted by Crippen LogP contribution is 2.36. The molecule has 0 unspecified atom stereocenters. The largest absolute Gasteiger partial charge is 0.476 e. The molecule has 2 aromatic rings. The van der Waals surface area contributed by atoms with E-state index in [2.05, 4.69) is 10.5 Å². The lowest BCUT2D eigenvalue weighted by atomic mass is 9.93. The molecule has 0 radical (unpaired) electrons. The summed E-state index contributed by atoms with van der Waals surface area (Å²) < 4.78 is 16.3. The summed E-state index contributed by atoms with van der Waals surface area (Å²) in [6, 6.07) is 9.28. The van der Waals surface area contributed by atoms with Crippen LogP contribution in [0.5, 0.6) is 5.88 Å². The number of aryl methyl sites for hydroxylation is 1. The molecule has 6 nitrogen and oxygen atoms in total. The van der Waals surface area contributed by atoms with Gasteiger partial charge < -0.3 is 19.3 Å². The van der Waals surface area contributed by atoms with Crippen LogP contribution in [0.1, 0.15) is 48.8 Å². The molecule has 24 heavy (non-hydrogen) atoms. The summed E-state index contributed by atoms with van der Waals surface area (Å²) in [6.45, 7) is 2.40. The molecule has 1 heterocycles. The highest BCUT2D eigenvalue weighted by Gasteiger charge is 2.32. The zero-order valence-electron chi connectivity index (χ0n) is 14.0. The smallest absolute Gasteiger partial charge is 0.259 e. The second-order valence-corrected chi connectivity index (χ2v) is 5.74. The number of ether oxygens (including phenoxy) is 2. The number of fused-ring (bicyclic) bond motifs is 1. The van der Waals surface area contributed by atoms with Crippen molar-refractivity contribution in [2.45, 2.75) is 38.3 Å². The quantitative estimate of drug-likeness (QED) is 0.881. The number of methoxy groups -OCH3 is 1. The zero-order chi connectivity index (χ0) is 16.9. The number of aromatic nitrogens is 1. The predicted molar refractivity (Wildman–Crippen MR) is 87.7 cm³/mol. The number of carbonyl (C=O) groups excluding carboxylic acids is 1. The molecule has 1 aliphatic rings. The number of rotatable bonds is 6. The molecule has 128 valence electrons. The first-order valence-corrected chi connectivity index (χ1v) is 8.24. The molecule has 2 atom stereocenters. The van der Waals surface area contributed by atoms with Crippen LogP contribution in [0, 0.1) is 0 Å². The molecule has 3 rings (SSSR count). The summed E-state index contributed by atoms with van der Waals surface area (Å²) in [7, 11) is 1.54. The molecule has 1 aromatic carbocycles. The highest BCUT2D eigenvalue weighted by atomic mass is 16.5. The van der Waals surface area contributed by atoms with Crippen LogP contribution in [0.4, 0.5) is 0 Å². The van der Waals surface area contributed by atoms with Crippen molar-refractivity contribution in [3.05, 3.63) is 47.2 Å². The Morgan fingerprint density at radius 1 is 1.42 bits per heavy atom. The minimum atomic E-state index is -0.646. The second kappa shape index (κ2) is 7.49. The first kappa shape index (κ1) is 16.5. The third-order valence-electron chi connectivity index (χ3n) is 4.19. The van der Waals surface area contributed by atoms with E-state index in [-0.39, 0.29) is 11.9 Å². The molecule has 0 saturated carbocycles. The van der Waals surface area contributed by atoms with Gasteiger partial charge in [0.25, 0.3) is 11.8 Å². The summed E-state index contributed by atoms with van der Waals surface area (Å²) in [5, 5.41) is 7.05. The van der Waals surface area contributed by atoms with Gasteiger partial charge in [0.05, 0.1) is 18.2 Å². The molecular weight excluding hydrogens is 308 g/mol. The molecule has 0 spiro atoms. The Labute approximate surface area is 141 Å². The van der Waals surface area contributed by atoms with Crippen LogP contribution in [0.2, 0.25) is 0 Å². The van der Waals surface area contributed by atoms with E-state index in [1.807, 2.05) is 37.3 Å². The third-order valence-corrected chi connectivity index (χ3v) is 4.19. The van der Waals surface area contributed by atoms with Gasteiger partial charge in [-0.15, -0.1) is 0 Å². The standard InChI is InChI=1S/C18H22N2O4/c1-3-23-18-15-13(10-7-11-14(15)24-20-18)19-17(21)16(22-2)12-8-5-4-6-9-12/h4-6,8-9,13,16H,3,7,10-11H2,1-2H3,(H,19,21)/t13-,16-/m1/s1. The van der Waals surface area contributed by atoms with E-state index >= 15 is 0 Å². The summed E-state index contributed by atoms with van der Waals surface area (Å²) in [5.74, 6) is 1.10. The van der Waals surface area contributed by atoms with Crippen molar-refractivity contribution in [3.63, 3.8) is 0 Å². The van der Waals surface area contributed by atoms with Crippen LogP contribution in [-0.4, -0.2) is 24.8 Å². The van der Waals surface area contributed by atoms with Crippen LogP contribution in [0.25, 0.3) is 0 Å². The summed E-state index contributed by atoms with van der Waals surface area (Å²) >= 11 is 0. The van der Waals surface area contributed by atoms with E-state index in [9.17, 15) is 4.79 Å². The van der Waals surface area contributed by atoms with Crippen molar-refractivity contribution in [3.8, 4) is 5.88 Å². The number of nitrogens with one attached hydrogen (secondary N) is 1.